The molecule has 1 aromatic carbocycles. The first-order valence-electron chi connectivity index (χ1n) is 8.74. The Morgan fingerprint density at radius 2 is 2.09 bits per heavy atom. The standard InChI is InChI=1S/C19H30N2O/c1-14-12-21(3)15(2)11-18(14)20-13-19(22)10-6-8-16-7-4-5-9-17(16)19/h4-5,7,9,14-15,18,20,22H,6,8,10-13H2,1-3H3. The molecule has 0 bridgehead atoms. The van der Waals surface area contributed by atoms with Gasteiger partial charge in [0.1, 0.15) is 5.60 Å². The molecular weight excluding hydrogens is 272 g/mol. The van der Waals surface area contributed by atoms with Gasteiger partial charge in [-0.3, -0.25) is 0 Å². The number of benzene rings is 1. The van der Waals surface area contributed by atoms with Crippen LogP contribution in [0, 0.1) is 5.92 Å². The number of nitrogens with zero attached hydrogens (tertiary/aromatic N) is 1. The predicted molar refractivity (Wildman–Crippen MR) is 90.9 cm³/mol. The van der Waals surface area contributed by atoms with Crippen LogP contribution in [0.5, 0.6) is 0 Å². The summed E-state index contributed by atoms with van der Waals surface area (Å²) >= 11 is 0. The molecule has 0 spiro atoms. The van der Waals surface area contributed by atoms with Gasteiger partial charge < -0.3 is 15.3 Å². The molecule has 3 nitrogen and oxygen atoms in total. The second-order valence-corrected chi connectivity index (χ2v) is 7.53. The molecule has 4 unspecified atom stereocenters. The first kappa shape index (κ1) is 16.0. The second kappa shape index (κ2) is 6.31. The quantitative estimate of drug-likeness (QED) is 0.900. The van der Waals surface area contributed by atoms with Crippen LogP contribution in [0.1, 0.15) is 44.2 Å². The van der Waals surface area contributed by atoms with Crippen LogP contribution in [-0.4, -0.2) is 42.2 Å². The van der Waals surface area contributed by atoms with E-state index < -0.39 is 5.60 Å². The van der Waals surface area contributed by atoms with Gasteiger partial charge in [-0.05, 0) is 56.7 Å². The van der Waals surface area contributed by atoms with Crippen LogP contribution in [-0.2, 0) is 12.0 Å². The summed E-state index contributed by atoms with van der Waals surface area (Å²) in [5.74, 6) is 0.628. The van der Waals surface area contributed by atoms with Gasteiger partial charge in [0.05, 0.1) is 0 Å². The Kier molecular flexibility index (Phi) is 4.58. The highest BCUT2D eigenvalue weighted by Crippen LogP contribution is 2.35. The van der Waals surface area contributed by atoms with Gasteiger partial charge >= 0.3 is 0 Å². The molecule has 2 aliphatic rings. The van der Waals surface area contributed by atoms with Crippen molar-refractivity contribution in [2.24, 2.45) is 5.92 Å². The minimum Gasteiger partial charge on any atom is -0.384 e. The maximum Gasteiger partial charge on any atom is 0.102 e. The molecule has 0 amide bonds. The lowest BCUT2D eigenvalue weighted by atomic mass is 9.78. The molecule has 1 aliphatic heterocycles. The van der Waals surface area contributed by atoms with E-state index in [0.717, 1.165) is 37.8 Å². The number of hydrogen-bond acceptors (Lipinski definition) is 3. The van der Waals surface area contributed by atoms with E-state index in [1.54, 1.807) is 0 Å². The van der Waals surface area contributed by atoms with E-state index in [1.807, 2.05) is 0 Å². The molecule has 3 heteroatoms. The zero-order valence-electron chi connectivity index (χ0n) is 14.2. The third kappa shape index (κ3) is 3.08. The number of likely N-dealkylation sites (tertiary alicyclic amines) is 1. The zero-order chi connectivity index (χ0) is 15.7. The van der Waals surface area contributed by atoms with E-state index in [9.17, 15) is 5.11 Å². The molecule has 4 atom stereocenters. The van der Waals surface area contributed by atoms with Crippen LogP contribution in [0.2, 0.25) is 0 Å². The Morgan fingerprint density at radius 1 is 1.32 bits per heavy atom. The summed E-state index contributed by atoms with van der Waals surface area (Å²) in [5, 5.41) is 14.9. The molecule has 0 aromatic heterocycles. The Labute approximate surface area is 134 Å². The minimum atomic E-state index is -0.693. The van der Waals surface area contributed by atoms with Crippen molar-refractivity contribution in [3.05, 3.63) is 35.4 Å². The van der Waals surface area contributed by atoms with Crippen molar-refractivity contribution < 1.29 is 5.11 Å². The van der Waals surface area contributed by atoms with E-state index in [-0.39, 0.29) is 0 Å². The fourth-order valence-corrected chi connectivity index (χ4v) is 4.21. The van der Waals surface area contributed by atoms with E-state index in [0.29, 0.717) is 24.5 Å². The second-order valence-electron chi connectivity index (χ2n) is 7.53. The van der Waals surface area contributed by atoms with Gasteiger partial charge in [0, 0.05) is 25.2 Å². The fourth-order valence-electron chi connectivity index (χ4n) is 4.21. The fraction of sp³-hybridized carbons (Fsp3) is 0.684. The topological polar surface area (TPSA) is 35.5 Å². The van der Waals surface area contributed by atoms with Gasteiger partial charge in [-0.1, -0.05) is 31.2 Å². The Bertz CT molecular complexity index is 518. The molecule has 0 saturated carbocycles. The number of aryl methyl sites for hydroxylation is 1. The van der Waals surface area contributed by atoms with Crippen molar-refractivity contribution in [1.29, 1.82) is 0 Å². The van der Waals surface area contributed by atoms with Crippen molar-refractivity contribution in [3.8, 4) is 0 Å². The molecule has 1 aliphatic carbocycles. The predicted octanol–water partition coefficient (Wildman–Crippen LogP) is 2.53. The van der Waals surface area contributed by atoms with Crippen LogP contribution in [0.4, 0.5) is 0 Å². The summed E-state index contributed by atoms with van der Waals surface area (Å²) in [7, 11) is 2.21. The van der Waals surface area contributed by atoms with Crippen LogP contribution in [0.15, 0.2) is 24.3 Å². The van der Waals surface area contributed by atoms with Gasteiger partial charge in [0.2, 0.25) is 0 Å². The van der Waals surface area contributed by atoms with Crippen molar-refractivity contribution in [2.75, 3.05) is 20.1 Å². The normalized spacial score (nSPS) is 36.1. The molecule has 1 aromatic rings. The van der Waals surface area contributed by atoms with Crippen molar-refractivity contribution in [3.63, 3.8) is 0 Å². The first-order valence-corrected chi connectivity index (χ1v) is 8.74. The van der Waals surface area contributed by atoms with E-state index in [2.05, 4.69) is 55.4 Å². The number of hydrogen-bond donors (Lipinski definition) is 2. The van der Waals surface area contributed by atoms with Crippen LogP contribution in [0.3, 0.4) is 0 Å². The molecule has 1 saturated heterocycles. The third-order valence-electron chi connectivity index (χ3n) is 5.82. The maximum atomic E-state index is 11.2. The lowest BCUT2D eigenvalue weighted by molar-refractivity contribution is 0.00944. The molecule has 0 radical (unpaired) electrons. The average Bonchev–Trinajstić information content (AvgIpc) is 2.50. The zero-order valence-corrected chi connectivity index (χ0v) is 14.2. The van der Waals surface area contributed by atoms with Gasteiger partial charge in [-0.15, -0.1) is 0 Å². The highest BCUT2D eigenvalue weighted by Gasteiger charge is 2.36. The van der Waals surface area contributed by atoms with E-state index in [1.165, 1.54) is 5.56 Å². The smallest absolute Gasteiger partial charge is 0.102 e. The highest BCUT2D eigenvalue weighted by atomic mass is 16.3. The highest BCUT2D eigenvalue weighted by molar-refractivity contribution is 5.35. The number of nitrogens with one attached hydrogen (secondary N) is 1. The lowest BCUT2D eigenvalue weighted by Gasteiger charge is -2.42. The number of rotatable bonds is 3. The molecule has 122 valence electrons. The summed E-state index contributed by atoms with van der Waals surface area (Å²) in [6.45, 7) is 6.42. The molecule has 22 heavy (non-hydrogen) atoms. The van der Waals surface area contributed by atoms with Crippen LogP contribution >= 0.6 is 0 Å². The van der Waals surface area contributed by atoms with Crippen molar-refractivity contribution in [2.45, 2.75) is 57.2 Å². The van der Waals surface area contributed by atoms with Crippen LogP contribution in [0.25, 0.3) is 0 Å². The van der Waals surface area contributed by atoms with E-state index in [4.69, 9.17) is 0 Å². The van der Waals surface area contributed by atoms with E-state index >= 15 is 0 Å². The molecule has 3 rings (SSSR count). The first-order chi connectivity index (χ1) is 10.5. The van der Waals surface area contributed by atoms with Gasteiger partial charge in [-0.2, -0.15) is 0 Å². The summed E-state index contributed by atoms with van der Waals surface area (Å²) in [4.78, 5) is 2.44. The lowest BCUT2D eigenvalue weighted by Crippen LogP contribution is -2.53. The average molecular weight is 302 g/mol. The van der Waals surface area contributed by atoms with Crippen molar-refractivity contribution in [1.82, 2.24) is 10.2 Å². The Morgan fingerprint density at radius 3 is 2.91 bits per heavy atom. The largest absolute Gasteiger partial charge is 0.384 e. The Hall–Kier alpha value is -0.900. The SMILES string of the molecule is CC1CN(C)C(C)CC1NCC1(O)CCCc2ccccc21. The maximum absolute atomic E-state index is 11.2. The monoisotopic (exact) mass is 302 g/mol. The number of aliphatic hydroxyl groups is 1. The molecule has 2 N–H and O–H groups in total. The molecule has 1 fully saturated rings. The summed E-state index contributed by atoms with van der Waals surface area (Å²) in [6, 6.07) is 9.52. The minimum absolute atomic E-state index is 0.504. The van der Waals surface area contributed by atoms with Gasteiger partial charge in [-0.25, -0.2) is 0 Å². The van der Waals surface area contributed by atoms with Gasteiger partial charge in [0.25, 0.3) is 0 Å². The summed E-state index contributed by atoms with van der Waals surface area (Å²) < 4.78 is 0. The summed E-state index contributed by atoms with van der Waals surface area (Å²) in [5.41, 5.74) is 1.77. The van der Waals surface area contributed by atoms with Crippen molar-refractivity contribution >= 4 is 0 Å². The van der Waals surface area contributed by atoms with Crippen LogP contribution < -0.4 is 5.32 Å². The molecule has 1 heterocycles. The van der Waals surface area contributed by atoms with Gasteiger partial charge in [0.15, 0.2) is 0 Å². The third-order valence-corrected chi connectivity index (χ3v) is 5.82. The number of piperidine rings is 1. The Balaban J connectivity index is 1.69. The summed E-state index contributed by atoms with van der Waals surface area (Å²) in [6.07, 6.45) is 4.21. The number of fused-ring (bicyclic) bond motifs is 1. The molecular formula is C19H30N2O.